The summed E-state index contributed by atoms with van der Waals surface area (Å²) < 4.78 is 15.2. The first-order chi connectivity index (χ1) is 16.2. The summed E-state index contributed by atoms with van der Waals surface area (Å²) in [6.07, 6.45) is 2.68. The van der Waals surface area contributed by atoms with E-state index >= 15 is 0 Å². The highest BCUT2D eigenvalue weighted by atomic mass is 19.1. The molecule has 156 valence electrons. The van der Waals surface area contributed by atoms with Crippen molar-refractivity contribution in [1.29, 1.82) is 0 Å². The van der Waals surface area contributed by atoms with Gasteiger partial charge in [-0.05, 0) is 30.3 Å². The smallest absolute Gasteiger partial charge is 0.266 e. The maximum absolute atomic E-state index is 14.0. The third kappa shape index (κ3) is 3.48. The Balaban J connectivity index is 1.84. The molecule has 0 saturated carbocycles. The number of rotatable bonds is 5. The van der Waals surface area contributed by atoms with E-state index in [1.165, 1.54) is 29.4 Å². The second kappa shape index (κ2) is 7.86. The minimum absolute atomic E-state index is 0.0320. The number of H-pyrrole nitrogens is 1. The van der Waals surface area contributed by atoms with Crippen molar-refractivity contribution in [3.05, 3.63) is 83.2 Å². The van der Waals surface area contributed by atoms with Crippen molar-refractivity contribution < 1.29 is 4.39 Å². The summed E-state index contributed by atoms with van der Waals surface area (Å²) in [5, 5.41) is 0.798. The Morgan fingerprint density at radius 3 is 2.50 bits per heavy atom. The number of benzene rings is 2. The molecule has 8 radical (unpaired) electrons. The number of fused-ring (bicyclic) bond motifs is 2. The molecular formula is C21H12B4FN7O. The van der Waals surface area contributed by atoms with Crippen LogP contribution in [0, 0.1) is 5.82 Å². The summed E-state index contributed by atoms with van der Waals surface area (Å²) in [6.45, 7) is 0. The molecule has 3 aromatic heterocycles. The lowest BCUT2D eigenvalue weighted by atomic mass is 9.30. The molecule has 8 nitrogen and oxygen atoms in total. The molecule has 0 fully saturated rings. The normalized spacial score (nSPS) is 13.7. The van der Waals surface area contributed by atoms with Gasteiger partial charge in [0.15, 0.2) is 11.5 Å². The monoisotopic (exact) mass is 441 g/mol. The predicted molar refractivity (Wildman–Crippen MR) is 130 cm³/mol. The van der Waals surface area contributed by atoms with Crippen LogP contribution in [0.4, 0.5) is 10.2 Å². The number of hydrogen-bond donors (Lipinski definition) is 2. The van der Waals surface area contributed by atoms with E-state index in [-0.39, 0.29) is 22.5 Å². The SMILES string of the molecule is [B]C([B])([B])[C@]([B])(Nc1ncnc2nc[nH]c12)c1nc2ccc(F)cc2c(=O)n1-c1ccccc1. The summed E-state index contributed by atoms with van der Waals surface area (Å²) in [6, 6.07) is 12.1. The predicted octanol–water partition coefficient (Wildman–Crippen LogP) is 1.20. The molecule has 0 bridgehead atoms. The molecule has 0 saturated heterocycles. The third-order valence-electron chi connectivity index (χ3n) is 5.42. The summed E-state index contributed by atoms with van der Waals surface area (Å²) in [5.41, 5.74) is -1.37. The Labute approximate surface area is 198 Å². The van der Waals surface area contributed by atoms with Gasteiger partial charge in [-0.1, -0.05) is 18.2 Å². The zero-order valence-corrected chi connectivity index (χ0v) is 17.6. The second-order valence-electron chi connectivity index (χ2n) is 7.76. The van der Waals surface area contributed by atoms with Crippen LogP contribution in [0.3, 0.4) is 0 Å². The number of hydrogen-bond acceptors (Lipinski definition) is 6. The Bertz CT molecular complexity index is 1590. The molecule has 0 amide bonds. The van der Waals surface area contributed by atoms with Crippen molar-refractivity contribution in [3.63, 3.8) is 0 Å². The van der Waals surface area contributed by atoms with E-state index in [1.54, 1.807) is 30.3 Å². The Hall–Kier alpha value is -3.88. The molecule has 0 aliphatic rings. The Kier molecular flexibility index (Phi) is 5.07. The van der Waals surface area contributed by atoms with Crippen LogP contribution in [-0.4, -0.2) is 60.9 Å². The van der Waals surface area contributed by atoms with Crippen molar-refractivity contribution in [1.82, 2.24) is 29.5 Å². The minimum Gasteiger partial charge on any atom is -0.366 e. The number of halogens is 1. The zero-order chi connectivity index (χ0) is 24.1. The van der Waals surface area contributed by atoms with Crippen LogP contribution >= 0.6 is 0 Å². The quantitative estimate of drug-likeness (QED) is 0.398. The van der Waals surface area contributed by atoms with Gasteiger partial charge in [-0.15, -0.1) is 5.11 Å². The molecule has 3 heterocycles. The van der Waals surface area contributed by atoms with Gasteiger partial charge < -0.3 is 10.3 Å². The van der Waals surface area contributed by atoms with Crippen LogP contribution in [0.5, 0.6) is 0 Å². The van der Waals surface area contributed by atoms with Gasteiger partial charge in [-0.3, -0.25) is 9.36 Å². The fraction of sp³-hybridized carbons (Fsp3) is 0.0952. The molecule has 0 unspecified atom stereocenters. The van der Waals surface area contributed by atoms with Gasteiger partial charge in [0.1, 0.15) is 31.3 Å². The van der Waals surface area contributed by atoms with Crippen molar-refractivity contribution >= 4 is 59.3 Å². The Morgan fingerprint density at radius 1 is 1.00 bits per heavy atom. The standard InChI is InChI=1S/C21H12B4FN7O/c22-20(21(23,24)25,32-17-15-16(28-9-27-15)29-10-30-17)19-31-14-7-6-11(26)8-13(14)18(34)33(19)12-4-2-1-3-5-12/h1-10H,(H2,27,28,29,30,32)/t20-/m1/s1. The summed E-state index contributed by atoms with van der Waals surface area (Å²) in [7, 11) is 25.2. The topological polar surface area (TPSA) is 101 Å². The lowest BCUT2D eigenvalue weighted by Crippen LogP contribution is -2.52. The summed E-state index contributed by atoms with van der Waals surface area (Å²) in [4.78, 5) is 33.4. The zero-order valence-electron chi connectivity index (χ0n) is 17.6. The van der Waals surface area contributed by atoms with Crippen molar-refractivity contribution in [3.8, 4) is 5.69 Å². The van der Waals surface area contributed by atoms with Crippen LogP contribution in [0.15, 0.2) is 66.0 Å². The van der Waals surface area contributed by atoms with Crippen molar-refractivity contribution in [2.75, 3.05) is 5.32 Å². The lowest BCUT2D eigenvalue weighted by Gasteiger charge is -2.45. The highest BCUT2D eigenvalue weighted by Gasteiger charge is 2.42. The van der Waals surface area contributed by atoms with Gasteiger partial charge in [0, 0.05) is 5.44 Å². The molecule has 13 heteroatoms. The molecule has 1 atom stereocenters. The van der Waals surface area contributed by atoms with Gasteiger partial charge >= 0.3 is 0 Å². The largest absolute Gasteiger partial charge is 0.366 e. The molecule has 5 aromatic rings. The van der Waals surface area contributed by atoms with Crippen LogP contribution in [0.2, 0.25) is 5.11 Å². The number of nitrogens with one attached hydrogen (secondary N) is 2. The van der Waals surface area contributed by atoms with E-state index in [2.05, 4.69) is 30.2 Å². The molecule has 0 aliphatic carbocycles. The number of aromatic amines is 1. The van der Waals surface area contributed by atoms with Gasteiger partial charge in [0.25, 0.3) is 5.56 Å². The molecule has 2 N–H and O–H groups in total. The van der Waals surface area contributed by atoms with Crippen LogP contribution in [0.1, 0.15) is 5.82 Å². The van der Waals surface area contributed by atoms with Crippen LogP contribution in [-0.2, 0) is 5.44 Å². The first kappa shape index (κ1) is 21.9. The van der Waals surface area contributed by atoms with Gasteiger partial charge in [-0.25, -0.2) is 24.3 Å². The maximum Gasteiger partial charge on any atom is 0.266 e. The first-order valence-corrected chi connectivity index (χ1v) is 10.0. The summed E-state index contributed by atoms with van der Waals surface area (Å²) in [5.74, 6) is -0.547. The average molecular weight is 441 g/mol. The molecular weight excluding hydrogens is 429 g/mol. The molecule has 0 spiro atoms. The molecule has 0 aliphatic heterocycles. The van der Waals surface area contributed by atoms with E-state index in [0.29, 0.717) is 16.9 Å². The van der Waals surface area contributed by atoms with Crippen molar-refractivity contribution in [2.45, 2.75) is 10.6 Å². The highest BCUT2D eigenvalue weighted by molar-refractivity contribution is 6.62. The van der Waals surface area contributed by atoms with Gasteiger partial charge in [-0.2, -0.15) is 0 Å². The fourth-order valence-corrected chi connectivity index (χ4v) is 3.64. The van der Waals surface area contributed by atoms with E-state index in [9.17, 15) is 9.18 Å². The second-order valence-corrected chi connectivity index (χ2v) is 7.76. The van der Waals surface area contributed by atoms with E-state index < -0.39 is 21.9 Å². The fourth-order valence-electron chi connectivity index (χ4n) is 3.64. The van der Waals surface area contributed by atoms with Crippen molar-refractivity contribution in [2.24, 2.45) is 0 Å². The van der Waals surface area contributed by atoms with Gasteiger partial charge in [0.05, 0.1) is 46.5 Å². The van der Waals surface area contributed by atoms with Gasteiger partial charge in [0.2, 0.25) is 0 Å². The van der Waals surface area contributed by atoms with Crippen LogP contribution in [0.25, 0.3) is 27.8 Å². The number of anilines is 1. The molecule has 5 rings (SSSR count). The number of imidazole rings is 1. The molecule has 2 aromatic carbocycles. The highest BCUT2D eigenvalue weighted by Crippen LogP contribution is 2.39. The first-order valence-electron chi connectivity index (χ1n) is 10.0. The third-order valence-corrected chi connectivity index (χ3v) is 5.42. The number of aromatic nitrogens is 6. The van der Waals surface area contributed by atoms with E-state index in [1.807, 2.05) is 0 Å². The Morgan fingerprint density at radius 2 is 1.76 bits per heavy atom. The van der Waals surface area contributed by atoms with Crippen LogP contribution < -0.4 is 10.9 Å². The number of nitrogens with zero attached hydrogens (tertiary/aromatic N) is 5. The summed E-state index contributed by atoms with van der Waals surface area (Å²) >= 11 is 0. The minimum atomic E-state index is -2.17. The number of para-hydroxylation sites is 1. The van der Waals surface area contributed by atoms with E-state index in [0.717, 1.165) is 6.07 Å². The van der Waals surface area contributed by atoms with E-state index in [4.69, 9.17) is 31.4 Å². The molecule has 34 heavy (non-hydrogen) atoms. The average Bonchev–Trinajstić information content (AvgIpc) is 3.29. The maximum atomic E-state index is 14.0. The lowest BCUT2D eigenvalue weighted by molar-refractivity contribution is 0.613.